The van der Waals surface area contributed by atoms with Crippen molar-refractivity contribution >= 4 is 65.4 Å². The van der Waals surface area contributed by atoms with E-state index in [1.54, 1.807) is 0 Å². The average Bonchev–Trinajstić information content (AvgIpc) is 3.73. The lowest BCUT2D eigenvalue weighted by molar-refractivity contribution is 1.14. The summed E-state index contributed by atoms with van der Waals surface area (Å²) in [6, 6.07) is 57.7. The second-order valence-electron chi connectivity index (χ2n) is 12.3. The van der Waals surface area contributed by atoms with Crippen LogP contribution in [0.25, 0.3) is 82.5 Å². The maximum Gasteiger partial charge on any atom is 0.0548 e. The molecule has 0 amide bonds. The minimum Gasteiger partial charge on any atom is -0.309 e. The van der Waals surface area contributed by atoms with E-state index in [2.05, 4.69) is 178 Å². The molecule has 0 radical (unpaired) electrons. The van der Waals surface area contributed by atoms with Gasteiger partial charge < -0.3 is 13.7 Å². The lowest BCUT2D eigenvalue weighted by atomic mass is 10.1. The molecule has 3 nitrogen and oxygen atoms in total. The standard InChI is InChI=1S/C43H29N3/c1-28-18-20-29(21-19-28)45-40-16-8-4-12-34(40)36-27-43-37(26-42(36)45)35-13-5-9-17-41(35)46(43)31-24-22-30(23-25-31)44-38-14-6-2-10-32(38)33-11-3-7-15-39(33)44/h2-27H,1H3. The summed E-state index contributed by atoms with van der Waals surface area (Å²) in [6.07, 6.45) is 0. The van der Waals surface area contributed by atoms with Gasteiger partial charge in [0.15, 0.2) is 0 Å². The number of hydrogen-bond donors (Lipinski definition) is 0. The van der Waals surface area contributed by atoms with E-state index in [0.717, 1.165) is 11.4 Å². The summed E-state index contributed by atoms with van der Waals surface area (Å²) < 4.78 is 7.22. The summed E-state index contributed by atoms with van der Waals surface area (Å²) in [6.45, 7) is 2.14. The van der Waals surface area contributed by atoms with Crippen molar-refractivity contribution in [2.45, 2.75) is 6.92 Å². The summed E-state index contributed by atoms with van der Waals surface area (Å²) in [7, 11) is 0. The molecular weight excluding hydrogens is 558 g/mol. The third-order valence-electron chi connectivity index (χ3n) is 9.70. The van der Waals surface area contributed by atoms with E-state index >= 15 is 0 Å². The van der Waals surface area contributed by atoms with Gasteiger partial charge >= 0.3 is 0 Å². The van der Waals surface area contributed by atoms with Crippen LogP contribution in [0, 0.1) is 6.92 Å². The molecule has 46 heavy (non-hydrogen) atoms. The fourth-order valence-corrected chi connectivity index (χ4v) is 7.63. The molecule has 0 N–H and O–H groups in total. The third kappa shape index (κ3) is 3.48. The van der Waals surface area contributed by atoms with Gasteiger partial charge in [-0.05, 0) is 79.7 Å². The number of benzene rings is 7. The van der Waals surface area contributed by atoms with Crippen molar-refractivity contribution in [3.63, 3.8) is 0 Å². The maximum atomic E-state index is 2.43. The Morgan fingerprint density at radius 3 is 0.935 bits per heavy atom. The second-order valence-corrected chi connectivity index (χ2v) is 12.3. The number of rotatable bonds is 3. The molecule has 0 saturated carbocycles. The van der Waals surface area contributed by atoms with Crippen molar-refractivity contribution in [1.82, 2.24) is 13.7 Å². The van der Waals surface area contributed by atoms with Crippen molar-refractivity contribution in [2.75, 3.05) is 0 Å². The molecular formula is C43H29N3. The van der Waals surface area contributed by atoms with Crippen LogP contribution < -0.4 is 0 Å². The van der Waals surface area contributed by atoms with E-state index < -0.39 is 0 Å². The van der Waals surface area contributed by atoms with Crippen molar-refractivity contribution in [3.05, 3.63) is 163 Å². The maximum absolute atomic E-state index is 2.43. The Balaban J connectivity index is 1.22. The van der Waals surface area contributed by atoms with Gasteiger partial charge in [-0.3, -0.25) is 0 Å². The summed E-state index contributed by atoms with van der Waals surface area (Å²) in [5.41, 5.74) is 12.1. The Labute approximate surface area is 265 Å². The Morgan fingerprint density at radius 1 is 0.283 bits per heavy atom. The molecule has 10 rings (SSSR count). The zero-order valence-electron chi connectivity index (χ0n) is 25.4. The monoisotopic (exact) mass is 587 g/mol. The smallest absolute Gasteiger partial charge is 0.0548 e. The minimum atomic E-state index is 1.15. The molecule has 0 atom stereocenters. The van der Waals surface area contributed by atoms with Crippen LogP contribution in [0.2, 0.25) is 0 Å². The normalized spacial score (nSPS) is 12.0. The summed E-state index contributed by atoms with van der Waals surface area (Å²) in [4.78, 5) is 0. The molecule has 0 bridgehead atoms. The van der Waals surface area contributed by atoms with Gasteiger partial charge in [0.1, 0.15) is 0 Å². The quantitative estimate of drug-likeness (QED) is 0.195. The van der Waals surface area contributed by atoms with E-state index in [4.69, 9.17) is 0 Å². The van der Waals surface area contributed by atoms with E-state index in [9.17, 15) is 0 Å². The molecule has 0 saturated heterocycles. The predicted octanol–water partition coefficient (Wildman–Crippen LogP) is 11.3. The first-order chi connectivity index (χ1) is 22.7. The van der Waals surface area contributed by atoms with Gasteiger partial charge in [-0.2, -0.15) is 0 Å². The number of aromatic nitrogens is 3. The van der Waals surface area contributed by atoms with Crippen molar-refractivity contribution < 1.29 is 0 Å². The molecule has 216 valence electrons. The molecule has 0 spiro atoms. The second kappa shape index (κ2) is 9.47. The third-order valence-corrected chi connectivity index (χ3v) is 9.70. The molecule has 0 aliphatic rings. The zero-order chi connectivity index (χ0) is 30.4. The van der Waals surface area contributed by atoms with Crippen LogP contribution in [0.5, 0.6) is 0 Å². The minimum absolute atomic E-state index is 1.15. The van der Waals surface area contributed by atoms with Crippen LogP contribution in [-0.4, -0.2) is 13.7 Å². The van der Waals surface area contributed by atoms with Gasteiger partial charge in [-0.25, -0.2) is 0 Å². The highest BCUT2D eigenvalue weighted by Gasteiger charge is 2.19. The highest BCUT2D eigenvalue weighted by atomic mass is 15.0. The highest BCUT2D eigenvalue weighted by molar-refractivity contribution is 6.19. The summed E-state index contributed by atoms with van der Waals surface area (Å²) in [5, 5.41) is 7.59. The van der Waals surface area contributed by atoms with Crippen LogP contribution in [0.15, 0.2) is 158 Å². The van der Waals surface area contributed by atoms with Gasteiger partial charge in [0.2, 0.25) is 0 Å². The lowest BCUT2D eigenvalue weighted by Gasteiger charge is -2.12. The first-order valence-corrected chi connectivity index (χ1v) is 15.9. The van der Waals surface area contributed by atoms with Crippen molar-refractivity contribution in [1.29, 1.82) is 0 Å². The molecule has 10 aromatic rings. The van der Waals surface area contributed by atoms with Gasteiger partial charge in [0.05, 0.1) is 33.1 Å². The van der Waals surface area contributed by atoms with E-state index in [0.29, 0.717) is 0 Å². The fourth-order valence-electron chi connectivity index (χ4n) is 7.63. The molecule has 0 fully saturated rings. The molecule has 3 aromatic heterocycles. The number of para-hydroxylation sites is 4. The van der Waals surface area contributed by atoms with Crippen molar-refractivity contribution in [2.24, 2.45) is 0 Å². The van der Waals surface area contributed by atoms with Crippen LogP contribution in [-0.2, 0) is 0 Å². The first-order valence-electron chi connectivity index (χ1n) is 15.9. The van der Waals surface area contributed by atoms with E-state index in [-0.39, 0.29) is 0 Å². The van der Waals surface area contributed by atoms with Crippen LogP contribution in [0.3, 0.4) is 0 Å². The Kier molecular flexibility index (Phi) is 5.20. The number of aryl methyl sites for hydroxylation is 1. The summed E-state index contributed by atoms with van der Waals surface area (Å²) >= 11 is 0. The zero-order valence-corrected chi connectivity index (χ0v) is 25.4. The lowest BCUT2D eigenvalue weighted by Crippen LogP contribution is -1.97. The Bertz CT molecular complexity index is 2740. The molecule has 3 heteroatoms. The van der Waals surface area contributed by atoms with Gasteiger partial charge in [-0.15, -0.1) is 0 Å². The van der Waals surface area contributed by atoms with Gasteiger partial charge in [0, 0.05) is 49.4 Å². The molecule has 0 aliphatic heterocycles. The summed E-state index contributed by atoms with van der Waals surface area (Å²) in [5.74, 6) is 0. The molecule has 0 unspecified atom stereocenters. The van der Waals surface area contributed by atoms with E-state index in [1.165, 1.54) is 76.7 Å². The molecule has 3 heterocycles. The van der Waals surface area contributed by atoms with Crippen molar-refractivity contribution in [3.8, 4) is 17.1 Å². The van der Waals surface area contributed by atoms with Crippen LogP contribution in [0.4, 0.5) is 0 Å². The SMILES string of the molecule is Cc1ccc(-n2c3ccccc3c3cc4c(cc32)c2ccccc2n4-c2ccc(-n3c4ccccc4c4ccccc43)cc2)cc1. The number of hydrogen-bond acceptors (Lipinski definition) is 0. The van der Waals surface area contributed by atoms with Gasteiger partial charge in [-0.1, -0.05) is 90.5 Å². The number of fused-ring (bicyclic) bond motifs is 9. The largest absolute Gasteiger partial charge is 0.309 e. The van der Waals surface area contributed by atoms with Gasteiger partial charge in [0.25, 0.3) is 0 Å². The number of nitrogens with zero attached hydrogens (tertiary/aromatic N) is 3. The topological polar surface area (TPSA) is 14.8 Å². The predicted molar refractivity (Wildman–Crippen MR) is 194 cm³/mol. The average molecular weight is 588 g/mol. The molecule has 7 aromatic carbocycles. The van der Waals surface area contributed by atoms with Crippen LogP contribution in [0.1, 0.15) is 5.56 Å². The Hall–Kier alpha value is -6.06. The molecule has 0 aliphatic carbocycles. The Morgan fingerprint density at radius 2 is 0.565 bits per heavy atom. The first kappa shape index (κ1) is 25.3. The van der Waals surface area contributed by atoms with Crippen LogP contribution >= 0.6 is 0 Å². The highest BCUT2D eigenvalue weighted by Crippen LogP contribution is 2.40. The van der Waals surface area contributed by atoms with E-state index in [1.807, 2.05) is 0 Å². The fraction of sp³-hybridized carbons (Fsp3) is 0.0233.